The summed E-state index contributed by atoms with van der Waals surface area (Å²) >= 11 is 0. The summed E-state index contributed by atoms with van der Waals surface area (Å²) in [6.45, 7) is 3.72. The fourth-order valence-corrected chi connectivity index (χ4v) is 2.56. The SMILES string of the molecule is C1CNCC(CNC2CCCC2)C1. The molecule has 0 amide bonds. The van der Waals surface area contributed by atoms with Gasteiger partial charge in [0.2, 0.25) is 0 Å². The maximum Gasteiger partial charge on any atom is 0.00671 e. The molecule has 0 aromatic carbocycles. The third-order valence-corrected chi connectivity index (χ3v) is 3.45. The van der Waals surface area contributed by atoms with Crippen LogP contribution < -0.4 is 10.6 Å². The summed E-state index contributed by atoms with van der Waals surface area (Å²) in [5.41, 5.74) is 0. The lowest BCUT2D eigenvalue weighted by molar-refractivity contribution is 0.343. The van der Waals surface area contributed by atoms with Crippen molar-refractivity contribution in [1.29, 1.82) is 0 Å². The van der Waals surface area contributed by atoms with Crippen molar-refractivity contribution in [3.63, 3.8) is 0 Å². The van der Waals surface area contributed by atoms with Gasteiger partial charge in [-0.3, -0.25) is 0 Å². The van der Waals surface area contributed by atoms with Gasteiger partial charge in [0, 0.05) is 6.04 Å². The molecule has 1 saturated carbocycles. The van der Waals surface area contributed by atoms with Gasteiger partial charge in [0.05, 0.1) is 0 Å². The van der Waals surface area contributed by atoms with Crippen LogP contribution in [0.4, 0.5) is 0 Å². The Bertz CT molecular complexity index is 135. The summed E-state index contributed by atoms with van der Waals surface area (Å²) in [5.74, 6) is 0.898. The van der Waals surface area contributed by atoms with E-state index in [1.165, 1.54) is 58.2 Å². The molecule has 0 radical (unpaired) electrons. The van der Waals surface area contributed by atoms with E-state index in [1.807, 2.05) is 0 Å². The predicted octanol–water partition coefficient (Wildman–Crippen LogP) is 1.52. The molecule has 1 aliphatic carbocycles. The second kappa shape index (κ2) is 4.97. The molecule has 0 aromatic heterocycles. The van der Waals surface area contributed by atoms with Crippen LogP contribution in [0.5, 0.6) is 0 Å². The van der Waals surface area contributed by atoms with E-state index in [4.69, 9.17) is 0 Å². The number of rotatable bonds is 3. The van der Waals surface area contributed by atoms with Crippen LogP contribution in [0, 0.1) is 5.92 Å². The first kappa shape index (κ1) is 9.47. The van der Waals surface area contributed by atoms with Crippen molar-refractivity contribution >= 4 is 0 Å². The molecule has 2 aliphatic rings. The third kappa shape index (κ3) is 2.96. The largest absolute Gasteiger partial charge is 0.316 e. The van der Waals surface area contributed by atoms with Crippen molar-refractivity contribution in [2.24, 2.45) is 5.92 Å². The van der Waals surface area contributed by atoms with Gasteiger partial charge in [0.1, 0.15) is 0 Å². The van der Waals surface area contributed by atoms with Gasteiger partial charge < -0.3 is 10.6 Å². The lowest BCUT2D eigenvalue weighted by Gasteiger charge is -2.24. The van der Waals surface area contributed by atoms with Gasteiger partial charge in [-0.1, -0.05) is 12.8 Å². The van der Waals surface area contributed by atoms with Gasteiger partial charge in [0.25, 0.3) is 0 Å². The van der Waals surface area contributed by atoms with Gasteiger partial charge in [0.15, 0.2) is 0 Å². The van der Waals surface area contributed by atoms with E-state index in [-0.39, 0.29) is 0 Å². The normalized spacial score (nSPS) is 30.9. The first-order valence-corrected chi connectivity index (χ1v) is 5.89. The molecular weight excluding hydrogens is 160 g/mol. The highest BCUT2D eigenvalue weighted by Crippen LogP contribution is 2.18. The van der Waals surface area contributed by atoms with Crippen LogP contribution >= 0.6 is 0 Å². The molecule has 2 nitrogen and oxygen atoms in total. The number of hydrogen-bond acceptors (Lipinski definition) is 2. The van der Waals surface area contributed by atoms with E-state index >= 15 is 0 Å². The third-order valence-electron chi connectivity index (χ3n) is 3.45. The summed E-state index contributed by atoms with van der Waals surface area (Å²) in [5, 5.41) is 7.18. The zero-order valence-electron chi connectivity index (χ0n) is 8.52. The van der Waals surface area contributed by atoms with Crippen LogP contribution in [-0.4, -0.2) is 25.7 Å². The quantitative estimate of drug-likeness (QED) is 0.691. The molecule has 1 unspecified atom stereocenters. The average molecular weight is 182 g/mol. The van der Waals surface area contributed by atoms with Crippen molar-refractivity contribution in [1.82, 2.24) is 10.6 Å². The lowest BCUT2D eigenvalue weighted by atomic mass is 9.99. The molecule has 2 N–H and O–H groups in total. The van der Waals surface area contributed by atoms with E-state index in [0.717, 1.165) is 12.0 Å². The average Bonchev–Trinajstić information content (AvgIpc) is 2.69. The summed E-state index contributed by atoms with van der Waals surface area (Å²) in [6, 6.07) is 0.849. The fraction of sp³-hybridized carbons (Fsp3) is 1.00. The molecular formula is C11H22N2. The summed E-state index contributed by atoms with van der Waals surface area (Å²) in [4.78, 5) is 0. The molecule has 2 fully saturated rings. The fourth-order valence-electron chi connectivity index (χ4n) is 2.56. The van der Waals surface area contributed by atoms with E-state index < -0.39 is 0 Å². The van der Waals surface area contributed by atoms with Crippen LogP contribution in [0.25, 0.3) is 0 Å². The maximum absolute atomic E-state index is 3.71. The van der Waals surface area contributed by atoms with E-state index in [9.17, 15) is 0 Å². The number of nitrogens with one attached hydrogen (secondary N) is 2. The minimum atomic E-state index is 0.849. The molecule has 2 rings (SSSR count). The highest BCUT2D eigenvalue weighted by molar-refractivity contribution is 4.77. The second-order valence-corrected chi connectivity index (χ2v) is 4.60. The zero-order chi connectivity index (χ0) is 8.93. The minimum Gasteiger partial charge on any atom is -0.316 e. The topological polar surface area (TPSA) is 24.1 Å². The predicted molar refractivity (Wildman–Crippen MR) is 55.9 cm³/mol. The van der Waals surface area contributed by atoms with Gasteiger partial charge in [-0.2, -0.15) is 0 Å². The van der Waals surface area contributed by atoms with Crippen LogP contribution in [-0.2, 0) is 0 Å². The molecule has 0 aromatic rings. The maximum atomic E-state index is 3.71. The Kier molecular flexibility index (Phi) is 3.62. The molecule has 1 saturated heterocycles. The summed E-state index contributed by atoms with van der Waals surface area (Å²) in [6.07, 6.45) is 8.52. The first-order chi connectivity index (χ1) is 6.45. The highest BCUT2D eigenvalue weighted by Gasteiger charge is 2.17. The Balaban J connectivity index is 1.60. The molecule has 76 valence electrons. The van der Waals surface area contributed by atoms with Crippen molar-refractivity contribution in [2.75, 3.05) is 19.6 Å². The Hall–Kier alpha value is -0.0800. The smallest absolute Gasteiger partial charge is 0.00671 e. The van der Waals surface area contributed by atoms with Crippen LogP contribution in [0.15, 0.2) is 0 Å². The highest BCUT2D eigenvalue weighted by atomic mass is 14.9. The van der Waals surface area contributed by atoms with Crippen LogP contribution in [0.1, 0.15) is 38.5 Å². The molecule has 13 heavy (non-hydrogen) atoms. The number of piperidine rings is 1. The first-order valence-electron chi connectivity index (χ1n) is 5.89. The van der Waals surface area contributed by atoms with Crippen molar-refractivity contribution < 1.29 is 0 Å². The minimum absolute atomic E-state index is 0.849. The Morgan fingerprint density at radius 1 is 1.08 bits per heavy atom. The molecule has 1 aliphatic heterocycles. The Labute approximate surface area is 81.5 Å². The standard InChI is InChI=1S/C11H22N2/c1-2-6-11(5-1)13-9-10-4-3-7-12-8-10/h10-13H,1-9H2. The molecule has 1 heterocycles. The monoisotopic (exact) mass is 182 g/mol. The van der Waals surface area contributed by atoms with E-state index in [2.05, 4.69) is 10.6 Å². The van der Waals surface area contributed by atoms with Gasteiger partial charge in [-0.05, 0) is 51.2 Å². The van der Waals surface area contributed by atoms with E-state index in [0.29, 0.717) is 0 Å². The van der Waals surface area contributed by atoms with Crippen LogP contribution in [0.2, 0.25) is 0 Å². The lowest BCUT2D eigenvalue weighted by Crippen LogP contribution is -2.38. The Morgan fingerprint density at radius 3 is 2.62 bits per heavy atom. The second-order valence-electron chi connectivity index (χ2n) is 4.60. The molecule has 1 atom stereocenters. The van der Waals surface area contributed by atoms with Gasteiger partial charge >= 0.3 is 0 Å². The molecule has 0 spiro atoms. The van der Waals surface area contributed by atoms with Crippen LogP contribution in [0.3, 0.4) is 0 Å². The van der Waals surface area contributed by atoms with Gasteiger partial charge in [-0.25, -0.2) is 0 Å². The van der Waals surface area contributed by atoms with Crippen molar-refractivity contribution in [2.45, 2.75) is 44.6 Å². The number of hydrogen-bond donors (Lipinski definition) is 2. The molecule has 2 heteroatoms. The zero-order valence-corrected chi connectivity index (χ0v) is 8.52. The van der Waals surface area contributed by atoms with E-state index in [1.54, 1.807) is 0 Å². The van der Waals surface area contributed by atoms with Crippen molar-refractivity contribution in [3.8, 4) is 0 Å². The summed E-state index contributed by atoms with van der Waals surface area (Å²) in [7, 11) is 0. The molecule has 0 bridgehead atoms. The Morgan fingerprint density at radius 2 is 1.92 bits per heavy atom. The van der Waals surface area contributed by atoms with Crippen molar-refractivity contribution in [3.05, 3.63) is 0 Å². The van der Waals surface area contributed by atoms with Gasteiger partial charge in [-0.15, -0.1) is 0 Å². The summed E-state index contributed by atoms with van der Waals surface area (Å²) < 4.78 is 0.